The van der Waals surface area contributed by atoms with E-state index in [2.05, 4.69) is 10.2 Å². The fourth-order valence-corrected chi connectivity index (χ4v) is 4.18. The van der Waals surface area contributed by atoms with Crippen molar-refractivity contribution in [1.82, 2.24) is 15.1 Å². The lowest BCUT2D eigenvalue weighted by Gasteiger charge is -2.22. The van der Waals surface area contributed by atoms with Gasteiger partial charge in [-0.25, -0.2) is 0 Å². The highest BCUT2D eigenvalue weighted by molar-refractivity contribution is 5.94. The minimum Gasteiger partial charge on any atom is -0.456 e. The molecule has 0 spiro atoms. The number of hydrogen-bond donors (Lipinski definition) is 1. The molecule has 2 aliphatic rings. The zero-order valence-electron chi connectivity index (χ0n) is 18.1. The zero-order valence-corrected chi connectivity index (χ0v) is 18.1. The quantitative estimate of drug-likeness (QED) is 0.707. The number of nitrogens with one attached hydrogen (secondary N) is 1. The molecule has 1 heterocycles. The number of carbonyl (C=O) groups excluding carboxylic acids is 1. The average Bonchev–Trinajstić information content (AvgIpc) is 3.61. The molecule has 1 amide bonds. The molecule has 4 rings (SSSR count). The number of para-hydroxylation sites is 1. The summed E-state index contributed by atoms with van der Waals surface area (Å²) in [5.41, 5.74) is 0.316. The summed E-state index contributed by atoms with van der Waals surface area (Å²) in [6, 6.07) is 10.8. The maximum absolute atomic E-state index is 13.3. The first kappa shape index (κ1) is 22.6. The molecular formula is C24H28F3N3O2. The summed E-state index contributed by atoms with van der Waals surface area (Å²) >= 11 is 0. The van der Waals surface area contributed by atoms with E-state index in [9.17, 15) is 18.0 Å². The molecule has 5 nitrogen and oxygen atoms in total. The summed E-state index contributed by atoms with van der Waals surface area (Å²) in [6.07, 6.45) is -1.07. The molecule has 0 atom stereocenters. The van der Waals surface area contributed by atoms with E-state index in [1.165, 1.54) is 31.0 Å². The Bertz CT molecular complexity index is 960. The van der Waals surface area contributed by atoms with Gasteiger partial charge in [0.1, 0.15) is 11.5 Å². The lowest BCUT2D eigenvalue weighted by molar-refractivity contribution is -0.138. The Kier molecular flexibility index (Phi) is 6.71. The van der Waals surface area contributed by atoms with Crippen molar-refractivity contribution in [2.24, 2.45) is 0 Å². The van der Waals surface area contributed by atoms with Crippen molar-refractivity contribution in [1.29, 1.82) is 0 Å². The Balaban J connectivity index is 1.53. The topological polar surface area (TPSA) is 44.8 Å². The van der Waals surface area contributed by atoms with Crippen LogP contribution in [0, 0.1) is 0 Å². The number of halogens is 3. The summed E-state index contributed by atoms with van der Waals surface area (Å²) in [5.74, 6) is -0.0188. The second-order valence-electron chi connectivity index (χ2n) is 8.36. The van der Waals surface area contributed by atoms with E-state index in [1.54, 1.807) is 25.2 Å². The molecule has 8 heteroatoms. The third-order valence-corrected chi connectivity index (χ3v) is 5.97. The van der Waals surface area contributed by atoms with Crippen molar-refractivity contribution in [3.05, 3.63) is 59.2 Å². The van der Waals surface area contributed by atoms with Gasteiger partial charge in [-0.05, 0) is 56.6 Å². The van der Waals surface area contributed by atoms with E-state index >= 15 is 0 Å². The third-order valence-electron chi connectivity index (χ3n) is 5.97. The van der Waals surface area contributed by atoms with Crippen LogP contribution in [-0.4, -0.2) is 55.0 Å². The first-order valence-corrected chi connectivity index (χ1v) is 11.0. The molecule has 1 N–H and O–H groups in total. The molecule has 172 valence electrons. The Morgan fingerprint density at radius 1 is 1.06 bits per heavy atom. The minimum absolute atomic E-state index is 0.0535. The zero-order chi connectivity index (χ0) is 22.7. The standard InChI is InChI=1S/C24H28F3N3O2/c1-28-16-18-15-17(23(31)30-12-4-11-29(13-14-30)19-8-9-19)7-10-21(18)32-22-6-3-2-5-20(22)24(25,26)27/h2-3,5-7,10,15,19,28H,4,8-9,11-14,16H2,1H3. The Morgan fingerprint density at radius 2 is 1.84 bits per heavy atom. The van der Waals surface area contributed by atoms with Crippen LogP contribution < -0.4 is 10.1 Å². The lowest BCUT2D eigenvalue weighted by atomic mass is 10.1. The smallest absolute Gasteiger partial charge is 0.419 e. The van der Waals surface area contributed by atoms with Gasteiger partial charge < -0.3 is 15.0 Å². The first-order valence-electron chi connectivity index (χ1n) is 11.0. The van der Waals surface area contributed by atoms with E-state index in [0.717, 1.165) is 25.6 Å². The number of rotatable bonds is 6. The molecule has 2 aromatic rings. The van der Waals surface area contributed by atoms with Crippen molar-refractivity contribution in [2.75, 3.05) is 33.2 Å². The van der Waals surface area contributed by atoms with Crippen molar-refractivity contribution < 1.29 is 22.7 Å². The van der Waals surface area contributed by atoms with Crippen molar-refractivity contribution in [3.8, 4) is 11.5 Å². The minimum atomic E-state index is -4.52. The highest BCUT2D eigenvalue weighted by Crippen LogP contribution is 2.38. The predicted octanol–water partition coefficient (Wildman–Crippen LogP) is 4.53. The second kappa shape index (κ2) is 9.50. The van der Waals surface area contributed by atoms with Gasteiger partial charge in [0.2, 0.25) is 0 Å². The molecule has 0 radical (unpaired) electrons. The van der Waals surface area contributed by atoms with E-state index in [-0.39, 0.29) is 11.7 Å². The Hall–Kier alpha value is -2.58. The largest absolute Gasteiger partial charge is 0.456 e. The van der Waals surface area contributed by atoms with Crippen LogP contribution in [-0.2, 0) is 12.7 Å². The average molecular weight is 448 g/mol. The molecule has 1 saturated carbocycles. The van der Waals surface area contributed by atoms with Gasteiger partial charge in [-0.2, -0.15) is 13.2 Å². The number of alkyl halides is 3. The normalized spacial score (nSPS) is 17.8. The van der Waals surface area contributed by atoms with Crippen LogP contribution in [0.4, 0.5) is 13.2 Å². The van der Waals surface area contributed by atoms with Crippen LogP contribution in [0.5, 0.6) is 11.5 Å². The van der Waals surface area contributed by atoms with Gasteiger partial charge in [-0.1, -0.05) is 12.1 Å². The van der Waals surface area contributed by atoms with Crippen LogP contribution in [0.1, 0.15) is 40.7 Å². The van der Waals surface area contributed by atoms with Crippen LogP contribution in [0.15, 0.2) is 42.5 Å². The number of nitrogens with zero attached hydrogens (tertiary/aromatic N) is 2. The highest BCUT2D eigenvalue weighted by Gasteiger charge is 2.34. The maximum atomic E-state index is 13.3. The summed E-state index contributed by atoms with van der Waals surface area (Å²) in [7, 11) is 1.74. The third kappa shape index (κ3) is 5.24. The van der Waals surface area contributed by atoms with Crippen LogP contribution in [0.3, 0.4) is 0 Å². The SMILES string of the molecule is CNCc1cc(C(=O)N2CCCN(C3CC3)CC2)ccc1Oc1ccccc1C(F)(F)F. The molecule has 32 heavy (non-hydrogen) atoms. The fraction of sp³-hybridized carbons (Fsp3) is 0.458. The van der Waals surface area contributed by atoms with E-state index in [0.29, 0.717) is 42.6 Å². The monoisotopic (exact) mass is 447 g/mol. The number of amides is 1. The van der Waals surface area contributed by atoms with Gasteiger partial charge in [0.15, 0.2) is 0 Å². The molecule has 0 unspecified atom stereocenters. The van der Waals surface area contributed by atoms with Gasteiger partial charge in [0.25, 0.3) is 5.91 Å². The first-order chi connectivity index (χ1) is 15.4. The summed E-state index contributed by atoms with van der Waals surface area (Å²) in [5, 5.41) is 3.00. The highest BCUT2D eigenvalue weighted by atomic mass is 19.4. The molecule has 1 aliphatic carbocycles. The summed E-state index contributed by atoms with van der Waals surface area (Å²) in [6.45, 7) is 3.66. The van der Waals surface area contributed by atoms with E-state index < -0.39 is 11.7 Å². The molecule has 1 aliphatic heterocycles. The molecule has 1 saturated heterocycles. The van der Waals surface area contributed by atoms with Crippen molar-refractivity contribution in [2.45, 2.75) is 38.0 Å². The van der Waals surface area contributed by atoms with E-state index in [4.69, 9.17) is 4.74 Å². The fourth-order valence-electron chi connectivity index (χ4n) is 4.18. The Labute approximate surface area is 186 Å². The maximum Gasteiger partial charge on any atom is 0.419 e. The van der Waals surface area contributed by atoms with Crippen LogP contribution >= 0.6 is 0 Å². The van der Waals surface area contributed by atoms with Crippen LogP contribution in [0.25, 0.3) is 0 Å². The molecule has 2 fully saturated rings. The van der Waals surface area contributed by atoms with Crippen LogP contribution in [0.2, 0.25) is 0 Å². The number of ether oxygens (including phenoxy) is 1. The van der Waals surface area contributed by atoms with Gasteiger partial charge in [-0.3, -0.25) is 9.69 Å². The van der Waals surface area contributed by atoms with Crippen molar-refractivity contribution in [3.63, 3.8) is 0 Å². The van der Waals surface area contributed by atoms with Gasteiger partial charge in [0, 0.05) is 49.9 Å². The molecule has 0 aromatic heterocycles. The number of benzene rings is 2. The lowest BCUT2D eigenvalue weighted by Crippen LogP contribution is -2.35. The van der Waals surface area contributed by atoms with Gasteiger partial charge in [-0.15, -0.1) is 0 Å². The number of hydrogen-bond acceptors (Lipinski definition) is 4. The molecule has 0 bridgehead atoms. The van der Waals surface area contributed by atoms with Gasteiger partial charge >= 0.3 is 6.18 Å². The number of carbonyl (C=O) groups is 1. The van der Waals surface area contributed by atoms with E-state index in [1.807, 2.05) is 4.90 Å². The second-order valence-corrected chi connectivity index (χ2v) is 8.36. The van der Waals surface area contributed by atoms with Gasteiger partial charge in [0.05, 0.1) is 5.56 Å². The predicted molar refractivity (Wildman–Crippen MR) is 116 cm³/mol. The Morgan fingerprint density at radius 3 is 2.56 bits per heavy atom. The molecular weight excluding hydrogens is 419 g/mol. The summed E-state index contributed by atoms with van der Waals surface area (Å²) in [4.78, 5) is 17.5. The molecule has 2 aromatic carbocycles. The summed E-state index contributed by atoms with van der Waals surface area (Å²) < 4.78 is 45.7. The van der Waals surface area contributed by atoms with Crippen molar-refractivity contribution >= 4 is 5.91 Å².